The summed E-state index contributed by atoms with van der Waals surface area (Å²) >= 11 is 0. The van der Waals surface area contributed by atoms with E-state index < -0.39 is 66.9 Å². The van der Waals surface area contributed by atoms with Crippen LogP contribution in [0, 0.1) is 0 Å². The van der Waals surface area contributed by atoms with Gasteiger partial charge in [0, 0.05) is 13.0 Å². The molecule has 1 fully saturated rings. The van der Waals surface area contributed by atoms with E-state index in [1.54, 1.807) is 0 Å². The van der Waals surface area contributed by atoms with Gasteiger partial charge in [0.25, 0.3) is 0 Å². The first-order chi connectivity index (χ1) is 16.0. The van der Waals surface area contributed by atoms with E-state index in [0.717, 1.165) is 6.42 Å². The Morgan fingerprint density at radius 2 is 1.62 bits per heavy atom. The number of amides is 3. The van der Waals surface area contributed by atoms with Crippen LogP contribution < -0.4 is 32.7 Å². The summed E-state index contributed by atoms with van der Waals surface area (Å²) in [5, 5.41) is 37.6. The highest BCUT2D eigenvalue weighted by Gasteiger charge is 2.31. The van der Waals surface area contributed by atoms with Gasteiger partial charge in [0.05, 0.1) is 12.6 Å². The summed E-state index contributed by atoms with van der Waals surface area (Å²) in [6, 6.07) is -4.59. The third-order valence-corrected chi connectivity index (χ3v) is 5.03. The van der Waals surface area contributed by atoms with Gasteiger partial charge < -0.3 is 48.1 Å². The third-order valence-electron chi connectivity index (χ3n) is 5.03. The first-order valence-corrected chi connectivity index (χ1v) is 10.8. The van der Waals surface area contributed by atoms with Crippen molar-refractivity contribution in [1.82, 2.24) is 21.3 Å². The monoisotopic (exact) mass is 487 g/mol. The van der Waals surface area contributed by atoms with Crippen LogP contribution in [0.2, 0.25) is 0 Å². The Hall–Kier alpha value is -3.46. The van der Waals surface area contributed by atoms with Crippen molar-refractivity contribution in [3.05, 3.63) is 0 Å². The van der Waals surface area contributed by atoms with E-state index in [4.69, 9.17) is 16.6 Å². The molecule has 0 aromatic heterocycles. The van der Waals surface area contributed by atoms with Gasteiger partial charge in [0.2, 0.25) is 17.7 Å². The fraction of sp³-hybridized carbons (Fsp3) is 0.684. The van der Waals surface area contributed by atoms with Gasteiger partial charge >= 0.3 is 11.9 Å². The van der Waals surface area contributed by atoms with Crippen molar-refractivity contribution in [3.63, 3.8) is 0 Å². The predicted octanol–water partition coefficient (Wildman–Crippen LogP) is -3.81. The SMILES string of the molecule is NC(N)=NCCCC(NC(=O)C(CO)NC(=O)C1CCCN1)C(=O)NC(CCC(=O)O)C(=O)O. The molecule has 0 bridgehead atoms. The zero-order valence-electron chi connectivity index (χ0n) is 18.7. The average molecular weight is 488 g/mol. The molecule has 4 unspecified atom stereocenters. The Morgan fingerprint density at radius 1 is 0.971 bits per heavy atom. The van der Waals surface area contributed by atoms with Crippen molar-refractivity contribution in [2.24, 2.45) is 16.5 Å². The molecule has 0 spiro atoms. The Bertz CT molecular complexity index is 766. The van der Waals surface area contributed by atoms with Crippen LogP contribution >= 0.6 is 0 Å². The summed E-state index contributed by atoms with van der Waals surface area (Å²) in [6.07, 6.45) is 0.732. The number of hydrogen-bond donors (Lipinski definition) is 9. The second-order valence-electron chi connectivity index (χ2n) is 7.73. The van der Waals surface area contributed by atoms with Gasteiger partial charge in [-0.2, -0.15) is 0 Å². The van der Waals surface area contributed by atoms with E-state index in [2.05, 4.69) is 26.3 Å². The smallest absolute Gasteiger partial charge is 0.326 e. The lowest BCUT2D eigenvalue weighted by atomic mass is 10.1. The summed E-state index contributed by atoms with van der Waals surface area (Å²) in [5.41, 5.74) is 10.5. The van der Waals surface area contributed by atoms with Gasteiger partial charge in [-0.1, -0.05) is 0 Å². The molecule has 15 heteroatoms. The van der Waals surface area contributed by atoms with Crippen molar-refractivity contribution in [2.45, 2.75) is 62.7 Å². The van der Waals surface area contributed by atoms with Crippen LogP contribution in [0.4, 0.5) is 0 Å². The minimum Gasteiger partial charge on any atom is -0.481 e. The van der Waals surface area contributed by atoms with E-state index in [1.165, 1.54) is 0 Å². The molecule has 0 aromatic rings. The summed E-state index contributed by atoms with van der Waals surface area (Å²) in [5.74, 6) is -5.05. The number of carboxylic acid groups (broad SMARTS) is 2. The standard InChI is InChI=1S/C19H33N7O8/c20-19(21)23-8-2-4-11(16(31)25-12(18(33)34)5-6-14(28)29)24-17(32)13(9-27)26-15(30)10-3-1-7-22-10/h10-13,22,27H,1-9H2,(H,24,32)(H,25,31)(H,26,30)(H,28,29)(H,33,34)(H4,20,21,23). The molecule has 3 amide bonds. The van der Waals surface area contributed by atoms with Gasteiger partial charge in [-0.25, -0.2) is 4.79 Å². The van der Waals surface area contributed by atoms with E-state index in [9.17, 15) is 34.2 Å². The zero-order valence-corrected chi connectivity index (χ0v) is 18.7. The van der Waals surface area contributed by atoms with Crippen molar-refractivity contribution < 1.29 is 39.3 Å². The highest BCUT2D eigenvalue weighted by Crippen LogP contribution is 2.06. The molecule has 34 heavy (non-hydrogen) atoms. The molecule has 1 aliphatic rings. The summed E-state index contributed by atoms with van der Waals surface area (Å²) in [6.45, 7) is 0.0403. The number of aliphatic hydroxyl groups excluding tert-OH is 1. The molecule has 0 aliphatic carbocycles. The van der Waals surface area contributed by atoms with Crippen molar-refractivity contribution in [1.29, 1.82) is 0 Å². The van der Waals surface area contributed by atoms with Gasteiger partial charge in [-0.15, -0.1) is 0 Å². The van der Waals surface area contributed by atoms with Crippen LogP contribution in [-0.4, -0.2) is 94.8 Å². The van der Waals surface area contributed by atoms with Gasteiger partial charge in [-0.05, 0) is 38.6 Å². The molecule has 1 rings (SSSR count). The van der Waals surface area contributed by atoms with Crippen LogP contribution in [-0.2, 0) is 24.0 Å². The maximum absolute atomic E-state index is 12.7. The number of aliphatic carboxylic acids is 2. The molecular weight excluding hydrogens is 454 g/mol. The fourth-order valence-corrected chi connectivity index (χ4v) is 3.22. The Labute approximate surface area is 195 Å². The maximum atomic E-state index is 12.7. The molecule has 11 N–H and O–H groups in total. The molecule has 0 aromatic carbocycles. The predicted molar refractivity (Wildman–Crippen MR) is 118 cm³/mol. The molecular formula is C19H33N7O8. The maximum Gasteiger partial charge on any atom is 0.326 e. The van der Waals surface area contributed by atoms with Crippen molar-refractivity contribution >= 4 is 35.6 Å². The molecule has 192 valence electrons. The number of nitrogens with zero attached hydrogens (tertiary/aromatic N) is 1. The van der Waals surface area contributed by atoms with E-state index in [1.807, 2.05) is 0 Å². The van der Waals surface area contributed by atoms with E-state index in [-0.39, 0.29) is 31.8 Å². The Morgan fingerprint density at radius 3 is 2.15 bits per heavy atom. The normalized spacial score (nSPS) is 17.6. The van der Waals surface area contributed by atoms with Crippen LogP contribution in [0.3, 0.4) is 0 Å². The number of carbonyl (C=O) groups excluding carboxylic acids is 3. The lowest BCUT2D eigenvalue weighted by molar-refractivity contribution is -0.143. The van der Waals surface area contributed by atoms with Gasteiger partial charge in [0.15, 0.2) is 5.96 Å². The average Bonchev–Trinajstić information content (AvgIpc) is 3.31. The molecule has 1 heterocycles. The van der Waals surface area contributed by atoms with Crippen molar-refractivity contribution in [3.8, 4) is 0 Å². The number of nitrogens with one attached hydrogen (secondary N) is 4. The zero-order chi connectivity index (χ0) is 25.7. The number of aliphatic imine (C=N–C) groups is 1. The molecule has 4 atom stereocenters. The van der Waals surface area contributed by atoms with Crippen LogP contribution in [0.1, 0.15) is 38.5 Å². The van der Waals surface area contributed by atoms with Crippen molar-refractivity contribution in [2.75, 3.05) is 19.7 Å². The molecule has 15 nitrogen and oxygen atoms in total. The van der Waals surface area contributed by atoms with Crippen LogP contribution in [0.15, 0.2) is 4.99 Å². The van der Waals surface area contributed by atoms with Crippen LogP contribution in [0.5, 0.6) is 0 Å². The number of hydrogen-bond acceptors (Lipinski definition) is 8. The van der Waals surface area contributed by atoms with E-state index >= 15 is 0 Å². The largest absolute Gasteiger partial charge is 0.481 e. The minimum atomic E-state index is -1.50. The number of guanidine groups is 1. The topological polar surface area (TPSA) is 259 Å². The van der Waals surface area contributed by atoms with Crippen LogP contribution in [0.25, 0.3) is 0 Å². The molecule has 0 radical (unpaired) electrons. The van der Waals surface area contributed by atoms with E-state index in [0.29, 0.717) is 13.0 Å². The van der Waals surface area contributed by atoms with Gasteiger partial charge in [-0.3, -0.25) is 24.2 Å². The van der Waals surface area contributed by atoms with Gasteiger partial charge in [0.1, 0.15) is 18.1 Å². The first kappa shape index (κ1) is 28.6. The Kier molecular flexibility index (Phi) is 12.3. The number of nitrogens with two attached hydrogens (primary N) is 2. The molecule has 1 aliphatic heterocycles. The minimum absolute atomic E-state index is 0.00407. The highest BCUT2D eigenvalue weighted by atomic mass is 16.4. The lowest BCUT2D eigenvalue weighted by Gasteiger charge is -2.24. The molecule has 1 saturated heterocycles. The first-order valence-electron chi connectivity index (χ1n) is 10.8. The summed E-state index contributed by atoms with van der Waals surface area (Å²) in [4.78, 5) is 63.6. The Balaban J connectivity index is 2.86. The molecule has 0 saturated carbocycles. The number of aliphatic hydroxyl groups is 1. The third kappa shape index (κ3) is 10.4. The number of rotatable bonds is 15. The summed E-state index contributed by atoms with van der Waals surface area (Å²) < 4.78 is 0. The number of carboxylic acids is 2. The lowest BCUT2D eigenvalue weighted by Crippen LogP contribution is -2.58. The number of carbonyl (C=O) groups is 5. The fourth-order valence-electron chi connectivity index (χ4n) is 3.22. The summed E-state index contributed by atoms with van der Waals surface area (Å²) in [7, 11) is 0. The quantitative estimate of drug-likeness (QED) is 0.0614. The highest BCUT2D eigenvalue weighted by molar-refractivity contribution is 5.94. The second-order valence-corrected chi connectivity index (χ2v) is 7.73. The second kappa shape index (κ2) is 14.6.